The number of anilines is 2. The van der Waals surface area contributed by atoms with Crippen LogP contribution in [0.25, 0.3) is 10.2 Å². The second-order valence-electron chi connectivity index (χ2n) is 6.16. The largest absolute Gasteiger partial charge is 0.487 e. The number of hydrogen-bond donors (Lipinski definition) is 3. The Morgan fingerprint density at radius 3 is 2.68 bits per heavy atom. The van der Waals surface area contributed by atoms with Gasteiger partial charge in [-0.2, -0.15) is 0 Å². The number of hydrogen-bond acceptors (Lipinski definition) is 8. The zero-order valence-electron chi connectivity index (χ0n) is 16.4. The van der Waals surface area contributed by atoms with Crippen LogP contribution in [0.15, 0.2) is 36.4 Å². The van der Waals surface area contributed by atoms with Crippen LogP contribution in [0.3, 0.4) is 0 Å². The summed E-state index contributed by atoms with van der Waals surface area (Å²) in [5.41, 5.74) is 1.08. The van der Waals surface area contributed by atoms with E-state index >= 15 is 0 Å². The van der Waals surface area contributed by atoms with Gasteiger partial charge in [-0.15, -0.1) is 0 Å². The van der Waals surface area contributed by atoms with Gasteiger partial charge in [0.05, 0.1) is 21.7 Å². The van der Waals surface area contributed by atoms with Gasteiger partial charge < -0.3 is 15.4 Å². The molecule has 0 saturated heterocycles. The molecule has 0 radical (unpaired) electrons. The molecule has 1 aromatic heterocycles. The highest BCUT2D eigenvalue weighted by Crippen LogP contribution is 2.29. The van der Waals surface area contributed by atoms with E-state index in [4.69, 9.17) is 17.0 Å². The second-order valence-corrected chi connectivity index (χ2v) is 7.60. The number of nitro groups is 1. The maximum atomic E-state index is 12.4. The van der Waals surface area contributed by atoms with Crippen molar-refractivity contribution in [2.45, 2.75) is 13.8 Å². The van der Waals surface area contributed by atoms with E-state index in [9.17, 15) is 19.7 Å². The fraction of sp³-hybridized carbons (Fsp3) is 0.158. The van der Waals surface area contributed by atoms with E-state index in [1.54, 1.807) is 25.1 Å². The van der Waals surface area contributed by atoms with Gasteiger partial charge in [0.25, 0.3) is 5.91 Å². The zero-order chi connectivity index (χ0) is 22.5. The van der Waals surface area contributed by atoms with Crippen LogP contribution in [0.4, 0.5) is 16.5 Å². The lowest BCUT2D eigenvalue weighted by atomic mass is 10.1. The molecule has 160 valence electrons. The van der Waals surface area contributed by atoms with E-state index in [0.29, 0.717) is 16.3 Å². The Hall–Kier alpha value is -3.64. The Labute approximate surface area is 185 Å². The third kappa shape index (κ3) is 5.49. The average molecular weight is 460 g/mol. The van der Waals surface area contributed by atoms with Gasteiger partial charge in [-0.05, 0) is 49.5 Å². The van der Waals surface area contributed by atoms with Crippen molar-refractivity contribution < 1.29 is 19.2 Å². The minimum Gasteiger partial charge on any atom is -0.487 e. The maximum absolute atomic E-state index is 12.4. The molecule has 3 rings (SSSR count). The van der Waals surface area contributed by atoms with Crippen molar-refractivity contribution in [3.63, 3.8) is 0 Å². The molecule has 2 aromatic carbocycles. The number of carbonyl (C=O) groups is 2. The van der Waals surface area contributed by atoms with E-state index < -0.39 is 10.8 Å². The molecule has 31 heavy (non-hydrogen) atoms. The first-order valence-corrected chi connectivity index (χ1v) is 10.2. The monoisotopic (exact) mass is 459 g/mol. The molecule has 0 saturated carbocycles. The molecule has 3 N–H and O–H groups in total. The summed E-state index contributed by atoms with van der Waals surface area (Å²) in [7, 11) is 0. The minimum atomic E-state index is -0.616. The molecule has 0 spiro atoms. The summed E-state index contributed by atoms with van der Waals surface area (Å²) >= 11 is 6.44. The van der Waals surface area contributed by atoms with Gasteiger partial charge in [0.15, 0.2) is 16.0 Å². The zero-order valence-corrected chi connectivity index (χ0v) is 18.1. The van der Waals surface area contributed by atoms with Gasteiger partial charge in [-0.1, -0.05) is 11.3 Å². The first kappa shape index (κ1) is 22.1. The van der Waals surface area contributed by atoms with Crippen LogP contribution in [0, 0.1) is 10.1 Å². The van der Waals surface area contributed by atoms with Gasteiger partial charge in [0.2, 0.25) is 5.91 Å². The first-order chi connectivity index (χ1) is 14.8. The molecule has 0 atom stereocenters. The van der Waals surface area contributed by atoms with Crippen LogP contribution < -0.4 is 20.7 Å². The summed E-state index contributed by atoms with van der Waals surface area (Å²) in [4.78, 5) is 38.6. The topological polar surface area (TPSA) is 135 Å². The number of aromatic nitrogens is 1. The first-order valence-electron chi connectivity index (χ1n) is 8.98. The third-order valence-electron chi connectivity index (χ3n) is 3.87. The number of nitro benzene ring substituents is 1. The van der Waals surface area contributed by atoms with Crippen molar-refractivity contribution in [1.82, 2.24) is 10.3 Å². The molecule has 0 aliphatic rings. The number of nitrogens with one attached hydrogen (secondary N) is 3. The maximum Gasteiger partial charge on any atom is 0.311 e. The molecular formula is C19H17N5O5S2. The molecular weight excluding hydrogens is 442 g/mol. The Morgan fingerprint density at radius 2 is 2.00 bits per heavy atom. The van der Waals surface area contributed by atoms with Crippen LogP contribution in [-0.2, 0) is 4.79 Å². The lowest BCUT2D eigenvalue weighted by Gasteiger charge is -2.08. The number of carbonyl (C=O) groups excluding carboxylic acids is 2. The number of benzene rings is 2. The molecule has 10 nitrogen and oxygen atoms in total. The second kappa shape index (κ2) is 9.45. The highest BCUT2D eigenvalue weighted by molar-refractivity contribution is 7.80. The highest BCUT2D eigenvalue weighted by atomic mass is 32.1. The van der Waals surface area contributed by atoms with E-state index in [0.717, 1.165) is 10.8 Å². The summed E-state index contributed by atoms with van der Waals surface area (Å²) < 4.78 is 6.02. The fourth-order valence-electron chi connectivity index (χ4n) is 2.64. The number of fused-ring (bicyclic) bond motifs is 1. The predicted octanol–water partition coefficient (Wildman–Crippen LogP) is 3.69. The van der Waals surface area contributed by atoms with Crippen molar-refractivity contribution in [3.05, 3.63) is 52.1 Å². The minimum absolute atomic E-state index is 0.0114. The molecule has 12 heteroatoms. The number of amides is 2. The van der Waals surface area contributed by atoms with E-state index in [2.05, 4.69) is 20.9 Å². The van der Waals surface area contributed by atoms with Crippen molar-refractivity contribution in [2.75, 3.05) is 17.2 Å². The number of thiazole rings is 1. The van der Waals surface area contributed by atoms with Crippen LogP contribution >= 0.6 is 23.6 Å². The van der Waals surface area contributed by atoms with Crippen LogP contribution in [0.1, 0.15) is 24.2 Å². The summed E-state index contributed by atoms with van der Waals surface area (Å²) in [5.74, 6) is -0.712. The van der Waals surface area contributed by atoms with Crippen LogP contribution in [-0.4, -0.2) is 33.4 Å². The van der Waals surface area contributed by atoms with Crippen molar-refractivity contribution in [1.29, 1.82) is 0 Å². The van der Waals surface area contributed by atoms with Crippen molar-refractivity contribution in [2.24, 2.45) is 0 Å². The standard InChI is InChI=1S/C19H17N5O5S2/c1-3-29-15-7-4-11(8-14(15)24(27)28)17(26)22-18(30)23-19-21-13-6-5-12(20-10(2)25)9-16(13)31-19/h4-9H,3H2,1-2H3,(H,20,25)(H2,21,22,23,26,30). The lowest BCUT2D eigenvalue weighted by molar-refractivity contribution is -0.385. The lowest BCUT2D eigenvalue weighted by Crippen LogP contribution is -2.34. The number of rotatable bonds is 6. The quantitative estimate of drug-likeness (QED) is 0.288. The highest BCUT2D eigenvalue weighted by Gasteiger charge is 2.19. The van der Waals surface area contributed by atoms with Crippen molar-refractivity contribution in [3.8, 4) is 5.75 Å². The van der Waals surface area contributed by atoms with Crippen LogP contribution in [0.5, 0.6) is 5.75 Å². The summed E-state index contributed by atoms with van der Waals surface area (Å²) in [6.45, 7) is 3.38. The summed E-state index contributed by atoms with van der Waals surface area (Å²) in [6, 6.07) is 9.17. The molecule has 2 amide bonds. The van der Waals surface area contributed by atoms with Gasteiger partial charge in [-0.3, -0.25) is 25.0 Å². The normalized spacial score (nSPS) is 10.4. The molecule has 0 aliphatic heterocycles. The average Bonchev–Trinajstić information content (AvgIpc) is 3.08. The van der Waals surface area contributed by atoms with E-state index in [-0.39, 0.29) is 34.6 Å². The van der Waals surface area contributed by atoms with Crippen molar-refractivity contribution >= 4 is 67.2 Å². The summed E-state index contributed by atoms with van der Waals surface area (Å²) in [6.07, 6.45) is 0. The molecule has 0 bridgehead atoms. The number of nitrogens with zero attached hydrogens (tertiary/aromatic N) is 2. The number of thiocarbonyl (C=S) groups is 1. The SMILES string of the molecule is CCOc1ccc(C(=O)NC(=S)Nc2nc3ccc(NC(C)=O)cc3s2)cc1[N+](=O)[O-]. The predicted molar refractivity (Wildman–Crippen MR) is 122 cm³/mol. The Morgan fingerprint density at radius 1 is 1.23 bits per heavy atom. The third-order valence-corrected chi connectivity index (χ3v) is 5.01. The Kier molecular flexibility index (Phi) is 6.72. The molecule has 0 aliphatic carbocycles. The Bertz CT molecular complexity index is 1190. The number of ether oxygens (including phenoxy) is 1. The van der Waals surface area contributed by atoms with E-state index in [1.807, 2.05) is 0 Å². The van der Waals surface area contributed by atoms with Gasteiger partial charge in [0.1, 0.15) is 0 Å². The molecule has 3 aromatic rings. The van der Waals surface area contributed by atoms with Crippen LogP contribution in [0.2, 0.25) is 0 Å². The smallest absolute Gasteiger partial charge is 0.311 e. The fourth-order valence-corrected chi connectivity index (χ4v) is 3.81. The molecule has 0 unspecified atom stereocenters. The van der Waals surface area contributed by atoms with Gasteiger partial charge in [0, 0.05) is 24.2 Å². The van der Waals surface area contributed by atoms with Gasteiger partial charge in [-0.25, -0.2) is 4.98 Å². The summed E-state index contributed by atoms with van der Waals surface area (Å²) in [5, 5.41) is 19.6. The molecule has 1 heterocycles. The van der Waals surface area contributed by atoms with E-state index in [1.165, 1.54) is 30.4 Å². The Balaban J connectivity index is 1.70. The van der Waals surface area contributed by atoms with Gasteiger partial charge >= 0.3 is 5.69 Å². The molecule has 0 fully saturated rings.